The minimum Gasteiger partial charge on any atom is -0.392 e. The maximum Gasteiger partial charge on any atom is 0.179 e. The number of benzene rings is 1. The molecule has 1 atom stereocenters. The molecule has 0 amide bonds. The van der Waals surface area contributed by atoms with Crippen LogP contribution >= 0.6 is 0 Å². The molecule has 0 spiro atoms. The van der Waals surface area contributed by atoms with Crippen LogP contribution in [-0.4, -0.2) is 24.0 Å². The number of aliphatic hydroxyl groups excluding tert-OH is 1. The monoisotopic (exact) mass is 207 g/mol. The summed E-state index contributed by atoms with van der Waals surface area (Å²) in [5, 5.41) is 12.0. The molecule has 0 aliphatic rings. The van der Waals surface area contributed by atoms with Gasteiger partial charge < -0.3 is 10.4 Å². The third-order valence-corrected chi connectivity index (χ3v) is 2.63. The first kappa shape index (κ1) is 11.9. The quantitative estimate of drug-likeness (QED) is 0.731. The van der Waals surface area contributed by atoms with Gasteiger partial charge in [-0.1, -0.05) is 12.1 Å². The van der Waals surface area contributed by atoms with E-state index in [1.54, 1.807) is 19.2 Å². The largest absolute Gasteiger partial charge is 0.392 e. The van der Waals surface area contributed by atoms with Crippen LogP contribution in [0.4, 0.5) is 0 Å². The molecule has 0 aromatic heterocycles. The molecule has 0 radical (unpaired) electrons. The predicted octanol–water partition coefficient (Wildman–Crippen LogP) is 1.28. The first-order valence-electron chi connectivity index (χ1n) is 5.02. The van der Waals surface area contributed by atoms with E-state index >= 15 is 0 Å². The van der Waals surface area contributed by atoms with Crippen LogP contribution in [0.3, 0.4) is 0 Å². The number of likely N-dealkylation sites (N-methyl/N-ethyl adjacent to an activating group) is 1. The number of Topliss-reactive ketones (excluding diaryl/α,β-unsaturated/α-hetero) is 1. The van der Waals surface area contributed by atoms with Crippen molar-refractivity contribution in [2.24, 2.45) is 0 Å². The highest BCUT2D eigenvalue weighted by Crippen LogP contribution is 2.12. The Bertz CT molecular complexity index is 361. The molecule has 0 bridgehead atoms. The fourth-order valence-electron chi connectivity index (χ4n) is 1.38. The Labute approximate surface area is 90.1 Å². The Morgan fingerprint density at radius 3 is 2.73 bits per heavy atom. The molecule has 1 unspecified atom stereocenters. The predicted molar refractivity (Wildman–Crippen MR) is 60.0 cm³/mol. The Hall–Kier alpha value is -1.19. The van der Waals surface area contributed by atoms with Crippen LogP contribution in [0.2, 0.25) is 0 Å². The number of aryl methyl sites for hydroxylation is 1. The topological polar surface area (TPSA) is 49.3 Å². The van der Waals surface area contributed by atoms with Gasteiger partial charge in [0, 0.05) is 5.56 Å². The molecule has 3 nitrogen and oxygen atoms in total. The highest BCUT2D eigenvalue weighted by Gasteiger charge is 2.13. The molecule has 0 aliphatic carbocycles. The van der Waals surface area contributed by atoms with Crippen LogP contribution in [0.1, 0.15) is 28.4 Å². The summed E-state index contributed by atoms with van der Waals surface area (Å²) in [6.07, 6.45) is 0. The van der Waals surface area contributed by atoms with Crippen molar-refractivity contribution in [1.82, 2.24) is 5.32 Å². The van der Waals surface area contributed by atoms with Crippen LogP contribution in [0.25, 0.3) is 0 Å². The Balaban J connectivity index is 3.01. The summed E-state index contributed by atoms with van der Waals surface area (Å²) < 4.78 is 0. The van der Waals surface area contributed by atoms with Gasteiger partial charge >= 0.3 is 0 Å². The minimum absolute atomic E-state index is 0.0269. The van der Waals surface area contributed by atoms with Crippen molar-refractivity contribution >= 4 is 5.78 Å². The summed E-state index contributed by atoms with van der Waals surface area (Å²) in [6, 6.07) is 5.22. The van der Waals surface area contributed by atoms with Gasteiger partial charge in [0.1, 0.15) is 0 Å². The Kier molecular flexibility index (Phi) is 4.00. The normalized spacial score (nSPS) is 12.5. The number of ketones is 1. The fourth-order valence-corrected chi connectivity index (χ4v) is 1.38. The molecule has 2 N–H and O–H groups in total. The Morgan fingerprint density at radius 2 is 2.20 bits per heavy atom. The van der Waals surface area contributed by atoms with Crippen LogP contribution < -0.4 is 5.32 Å². The number of hydrogen-bond acceptors (Lipinski definition) is 3. The maximum atomic E-state index is 11.8. The summed E-state index contributed by atoms with van der Waals surface area (Å²) in [5.41, 5.74) is 2.46. The van der Waals surface area contributed by atoms with Gasteiger partial charge in [0.2, 0.25) is 0 Å². The van der Waals surface area contributed by atoms with Gasteiger partial charge in [-0.25, -0.2) is 0 Å². The Morgan fingerprint density at radius 1 is 1.53 bits per heavy atom. The van der Waals surface area contributed by atoms with Crippen LogP contribution in [0.5, 0.6) is 0 Å². The zero-order chi connectivity index (χ0) is 11.4. The second kappa shape index (κ2) is 5.05. The van der Waals surface area contributed by atoms with Crippen LogP contribution in [-0.2, 0) is 6.61 Å². The van der Waals surface area contributed by atoms with Crippen molar-refractivity contribution in [3.05, 3.63) is 34.9 Å². The van der Waals surface area contributed by atoms with Gasteiger partial charge in [-0.05, 0) is 38.1 Å². The van der Waals surface area contributed by atoms with Crippen LogP contribution in [0, 0.1) is 6.92 Å². The first-order chi connectivity index (χ1) is 7.10. The molecular formula is C12H17NO2. The average molecular weight is 207 g/mol. The summed E-state index contributed by atoms with van der Waals surface area (Å²) in [4.78, 5) is 11.8. The number of carbonyl (C=O) groups excluding carboxylic acids is 1. The zero-order valence-electron chi connectivity index (χ0n) is 9.37. The number of nitrogens with one attached hydrogen (secondary N) is 1. The molecular weight excluding hydrogens is 190 g/mol. The van der Waals surface area contributed by atoms with Crippen molar-refractivity contribution in [2.75, 3.05) is 7.05 Å². The van der Waals surface area contributed by atoms with Crippen molar-refractivity contribution in [2.45, 2.75) is 26.5 Å². The third kappa shape index (κ3) is 2.64. The van der Waals surface area contributed by atoms with Gasteiger partial charge in [0.05, 0.1) is 12.6 Å². The summed E-state index contributed by atoms with van der Waals surface area (Å²) >= 11 is 0. The molecule has 1 aromatic rings. The van der Waals surface area contributed by atoms with Gasteiger partial charge in [-0.15, -0.1) is 0 Å². The van der Waals surface area contributed by atoms with Crippen LogP contribution in [0.15, 0.2) is 18.2 Å². The molecule has 3 heteroatoms. The number of hydrogen-bond donors (Lipinski definition) is 2. The van der Waals surface area contributed by atoms with Crippen molar-refractivity contribution in [3.8, 4) is 0 Å². The lowest BCUT2D eigenvalue weighted by molar-refractivity contribution is 0.0955. The van der Waals surface area contributed by atoms with E-state index in [1.807, 2.05) is 19.9 Å². The van der Waals surface area contributed by atoms with E-state index in [4.69, 9.17) is 5.11 Å². The van der Waals surface area contributed by atoms with E-state index < -0.39 is 0 Å². The molecule has 15 heavy (non-hydrogen) atoms. The smallest absolute Gasteiger partial charge is 0.179 e. The molecule has 1 rings (SSSR count). The first-order valence-corrected chi connectivity index (χ1v) is 5.02. The average Bonchev–Trinajstić information content (AvgIpc) is 2.27. The molecule has 1 aromatic carbocycles. The maximum absolute atomic E-state index is 11.8. The second-order valence-electron chi connectivity index (χ2n) is 3.67. The SMILES string of the molecule is CNC(C)C(=O)c1ccc(C)c(CO)c1. The summed E-state index contributed by atoms with van der Waals surface area (Å²) in [6.45, 7) is 3.71. The number of carbonyl (C=O) groups is 1. The highest BCUT2D eigenvalue weighted by molar-refractivity contribution is 6.00. The molecule has 0 saturated heterocycles. The standard InChI is InChI=1S/C12H17NO2/c1-8-4-5-10(6-11(8)7-14)12(15)9(2)13-3/h4-6,9,13-14H,7H2,1-3H3. The van der Waals surface area contributed by atoms with Crippen molar-refractivity contribution in [3.63, 3.8) is 0 Å². The molecule has 0 fully saturated rings. The van der Waals surface area contributed by atoms with Gasteiger partial charge in [-0.2, -0.15) is 0 Å². The van der Waals surface area contributed by atoms with Gasteiger partial charge in [0.25, 0.3) is 0 Å². The third-order valence-electron chi connectivity index (χ3n) is 2.63. The molecule has 0 saturated carbocycles. The minimum atomic E-state index is -0.195. The lowest BCUT2D eigenvalue weighted by Gasteiger charge is -2.10. The zero-order valence-corrected chi connectivity index (χ0v) is 9.37. The lowest BCUT2D eigenvalue weighted by atomic mass is 10.00. The second-order valence-corrected chi connectivity index (χ2v) is 3.67. The van der Waals surface area contributed by atoms with Crippen molar-refractivity contribution in [1.29, 1.82) is 0 Å². The number of rotatable bonds is 4. The lowest BCUT2D eigenvalue weighted by Crippen LogP contribution is -2.30. The highest BCUT2D eigenvalue weighted by atomic mass is 16.3. The van der Waals surface area contributed by atoms with E-state index in [1.165, 1.54) is 0 Å². The molecule has 82 valence electrons. The summed E-state index contributed by atoms with van der Waals surface area (Å²) in [5.74, 6) is 0.0483. The van der Waals surface area contributed by atoms with E-state index in [0.717, 1.165) is 11.1 Å². The summed E-state index contributed by atoms with van der Waals surface area (Å²) in [7, 11) is 1.75. The molecule has 0 heterocycles. The van der Waals surface area contributed by atoms with Gasteiger partial charge in [0.15, 0.2) is 5.78 Å². The van der Waals surface area contributed by atoms with E-state index in [9.17, 15) is 4.79 Å². The number of aliphatic hydroxyl groups is 1. The van der Waals surface area contributed by atoms with E-state index in [0.29, 0.717) is 5.56 Å². The van der Waals surface area contributed by atoms with E-state index in [2.05, 4.69) is 5.32 Å². The van der Waals surface area contributed by atoms with Crippen molar-refractivity contribution < 1.29 is 9.90 Å². The molecule has 0 aliphatic heterocycles. The van der Waals surface area contributed by atoms with Gasteiger partial charge in [-0.3, -0.25) is 4.79 Å². The fraction of sp³-hybridized carbons (Fsp3) is 0.417. The van der Waals surface area contributed by atoms with E-state index in [-0.39, 0.29) is 18.4 Å².